The molecule has 0 saturated carbocycles. The van der Waals surface area contributed by atoms with Crippen LogP contribution < -0.4 is 5.32 Å². The molecule has 0 bridgehead atoms. The average Bonchev–Trinajstić information content (AvgIpc) is 3.09. The van der Waals surface area contributed by atoms with E-state index in [2.05, 4.69) is 32.6 Å². The van der Waals surface area contributed by atoms with E-state index in [0.717, 1.165) is 23.5 Å². The quantitative estimate of drug-likeness (QED) is 0.759. The van der Waals surface area contributed by atoms with Gasteiger partial charge in [0.15, 0.2) is 0 Å². The van der Waals surface area contributed by atoms with Crippen LogP contribution in [0.1, 0.15) is 35.3 Å². The summed E-state index contributed by atoms with van der Waals surface area (Å²) in [6, 6.07) is 15.0. The second kappa shape index (κ2) is 5.26. The molecule has 0 radical (unpaired) electrons. The van der Waals surface area contributed by atoms with Gasteiger partial charge in [-0.3, -0.25) is 5.10 Å². The zero-order valence-corrected chi connectivity index (χ0v) is 11.8. The zero-order chi connectivity index (χ0) is 14.9. The first-order chi connectivity index (χ1) is 10.8. The maximum atomic E-state index is 13.1. The fourth-order valence-corrected chi connectivity index (χ4v) is 3.10. The minimum atomic E-state index is -0.216. The van der Waals surface area contributed by atoms with Gasteiger partial charge in [-0.05, 0) is 35.7 Å². The Labute approximate surface area is 127 Å². The van der Waals surface area contributed by atoms with Crippen LogP contribution in [0.25, 0.3) is 0 Å². The predicted molar refractivity (Wildman–Crippen MR) is 82.0 cm³/mol. The van der Waals surface area contributed by atoms with Crippen LogP contribution in [0.5, 0.6) is 0 Å². The fraction of sp³-hybridized carbons (Fsp3) is 0.176. The Morgan fingerprint density at radius 2 is 1.86 bits per heavy atom. The highest BCUT2D eigenvalue weighted by molar-refractivity contribution is 5.58. The Hall–Kier alpha value is -2.69. The maximum Gasteiger partial charge on any atom is 0.137 e. The molecule has 0 saturated heterocycles. The van der Waals surface area contributed by atoms with Gasteiger partial charge in [0.1, 0.15) is 18.0 Å². The highest BCUT2D eigenvalue weighted by atomic mass is 19.1. The van der Waals surface area contributed by atoms with Crippen LogP contribution in [0.3, 0.4) is 0 Å². The molecule has 2 N–H and O–H groups in total. The van der Waals surface area contributed by atoms with Gasteiger partial charge in [-0.15, -0.1) is 0 Å². The molecule has 4 rings (SSSR count). The minimum absolute atomic E-state index is 0.116. The number of nitrogens with one attached hydrogen (secondary N) is 2. The van der Waals surface area contributed by atoms with Crippen molar-refractivity contribution in [1.29, 1.82) is 0 Å². The SMILES string of the molecule is Fc1ccc(C2CC(c3ncn[nH]3)c3ccccc3N2)cc1. The Morgan fingerprint density at radius 1 is 1.05 bits per heavy atom. The zero-order valence-electron chi connectivity index (χ0n) is 11.8. The predicted octanol–water partition coefficient (Wildman–Crippen LogP) is 3.63. The molecule has 110 valence electrons. The number of H-pyrrole nitrogens is 1. The lowest BCUT2D eigenvalue weighted by atomic mass is 9.84. The normalized spacial score (nSPS) is 20.2. The van der Waals surface area contributed by atoms with Crippen molar-refractivity contribution in [3.05, 3.63) is 77.6 Å². The Kier molecular flexibility index (Phi) is 3.11. The molecule has 0 spiro atoms. The van der Waals surface area contributed by atoms with E-state index in [-0.39, 0.29) is 17.8 Å². The summed E-state index contributed by atoms with van der Waals surface area (Å²) in [5.41, 5.74) is 3.36. The molecule has 4 nitrogen and oxygen atoms in total. The first-order valence-corrected chi connectivity index (χ1v) is 7.27. The monoisotopic (exact) mass is 294 g/mol. The van der Waals surface area contributed by atoms with Crippen LogP contribution in [0, 0.1) is 5.82 Å². The Balaban J connectivity index is 1.75. The van der Waals surface area contributed by atoms with Gasteiger partial charge in [-0.2, -0.15) is 5.10 Å². The summed E-state index contributed by atoms with van der Waals surface area (Å²) >= 11 is 0. The topological polar surface area (TPSA) is 53.6 Å². The summed E-state index contributed by atoms with van der Waals surface area (Å²) in [6.07, 6.45) is 2.38. The number of para-hydroxylation sites is 1. The third-order valence-corrected chi connectivity index (χ3v) is 4.17. The summed E-state index contributed by atoms with van der Waals surface area (Å²) in [5.74, 6) is 0.794. The first kappa shape index (κ1) is 13.0. The number of anilines is 1. The van der Waals surface area contributed by atoms with Crippen LogP contribution >= 0.6 is 0 Å². The van der Waals surface area contributed by atoms with Gasteiger partial charge >= 0.3 is 0 Å². The van der Waals surface area contributed by atoms with Gasteiger partial charge in [-0.25, -0.2) is 9.37 Å². The van der Waals surface area contributed by atoms with E-state index in [1.807, 2.05) is 24.3 Å². The number of fused-ring (bicyclic) bond motifs is 1. The molecule has 1 aliphatic heterocycles. The van der Waals surface area contributed by atoms with Crippen molar-refractivity contribution in [2.75, 3.05) is 5.32 Å². The molecule has 0 fully saturated rings. The van der Waals surface area contributed by atoms with Crippen molar-refractivity contribution in [3.63, 3.8) is 0 Å². The second-order valence-electron chi connectivity index (χ2n) is 5.49. The number of hydrogen-bond donors (Lipinski definition) is 2. The number of rotatable bonds is 2. The molecule has 5 heteroatoms. The average molecular weight is 294 g/mol. The lowest BCUT2D eigenvalue weighted by Gasteiger charge is -2.32. The van der Waals surface area contributed by atoms with E-state index in [9.17, 15) is 4.39 Å². The molecule has 2 heterocycles. The third-order valence-electron chi connectivity index (χ3n) is 4.17. The lowest BCUT2D eigenvalue weighted by Crippen LogP contribution is -2.23. The largest absolute Gasteiger partial charge is 0.378 e. The van der Waals surface area contributed by atoms with Crippen molar-refractivity contribution in [2.45, 2.75) is 18.4 Å². The molecular formula is C17H15FN4. The van der Waals surface area contributed by atoms with Crippen molar-refractivity contribution in [1.82, 2.24) is 15.2 Å². The molecule has 0 amide bonds. The first-order valence-electron chi connectivity index (χ1n) is 7.27. The smallest absolute Gasteiger partial charge is 0.137 e. The molecule has 2 aromatic carbocycles. The fourth-order valence-electron chi connectivity index (χ4n) is 3.10. The van der Waals surface area contributed by atoms with E-state index >= 15 is 0 Å². The highest BCUT2D eigenvalue weighted by Crippen LogP contribution is 2.42. The summed E-state index contributed by atoms with van der Waals surface area (Å²) in [7, 11) is 0. The van der Waals surface area contributed by atoms with Crippen LogP contribution in [-0.2, 0) is 0 Å². The second-order valence-corrected chi connectivity index (χ2v) is 5.49. The van der Waals surface area contributed by atoms with Gasteiger partial charge in [0.05, 0.1) is 6.04 Å². The van der Waals surface area contributed by atoms with Gasteiger partial charge in [0.2, 0.25) is 0 Å². The van der Waals surface area contributed by atoms with Crippen molar-refractivity contribution in [2.24, 2.45) is 0 Å². The van der Waals surface area contributed by atoms with Gasteiger partial charge in [-0.1, -0.05) is 30.3 Å². The van der Waals surface area contributed by atoms with Crippen LogP contribution in [0.4, 0.5) is 10.1 Å². The van der Waals surface area contributed by atoms with Crippen LogP contribution in [0.2, 0.25) is 0 Å². The molecule has 0 aliphatic carbocycles. The number of benzene rings is 2. The van der Waals surface area contributed by atoms with E-state index in [1.165, 1.54) is 24.0 Å². The number of aromatic amines is 1. The number of halogens is 1. The third kappa shape index (κ3) is 2.24. The molecule has 2 unspecified atom stereocenters. The van der Waals surface area contributed by atoms with Gasteiger partial charge in [0.25, 0.3) is 0 Å². The molecule has 1 aliphatic rings. The van der Waals surface area contributed by atoms with Crippen molar-refractivity contribution >= 4 is 5.69 Å². The molecular weight excluding hydrogens is 279 g/mol. The molecule has 3 aromatic rings. The lowest BCUT2D eigenvalue weighted by molar-refractivity contribution is 0.578. The van der Waals surface area contributed by atoms with Gasteiger partial charge in [0, 0.05) is 11.6 Å². The summed E-state index contributed by atoms with van der Waals surface area (Å²) in [5, 5.41) is 10.5. The van der Waals surface area contributed by atoms with E-state index < -0.39 is 0 Å². The maximum absolute atomic E-state index is 13.1. The minimum Gasteiger partial charge on any atom is -0.378 e. The van der Waals surface area contributed by atoms with E-state index in [4.69, 9.17) is 0 Å². The van der Waals surface area contributed by atoms with Crippen molar-refractivity contribution < 1.29 is 4.39 Å². The van der Waals surface area contributed by atoms with E-state index in [1.54, 1.807) is 0 Å². The molecule has 2 atom stereocenters. The Bertz CT molecular complexity index is 768. The molecule has 22 heavy (non-hydrogen) atoms. The Morgan fingerprint density at radius 3 is 2.64 bits per heavy atom. The number of nitrogens with zero attached hydrogens (tertiary/aromatic N) is 2. The van der Waals surface area contributed by atoms with Gasteiger partial charge < -0.3 is 5.32 Å². The summed E-state index contributed by atoms with van der Waals surface area (Å²) < 4.78 is 13.1. The standard InChI is InChI=1S/C17H15FN4/c18-12-7-5-11(6-8-12)16-9-14(17-19-10-20-22-17)13-3-1-2-4-15(13)21-16/h1-8,10,14,16,21H,9H2,(H,19,20,22). The van der Waals surface area contributed by atoms with Crippen LogP contribution in [-0.4, -0.2) is 15.2 Å². The summed E-state index contributed by atoms with van der Waals surface area (Å²) in [6.45, 7) is 0. The summed E-state index contributed by atoms with van der Waals surface area (Å²) in [4.78, 5) is 4.33. The number of hydrogen-bond acceptors (Lipinski definition) is 3. The van der Waals surface area contributed by atoms with E-state index in [0.29, 0.717) is 0 Å². The highest BCUT2D eigenvalue weighted by Gasteiger charge is 2.30. The van der Waals surface area contributed by atoms with Crippen molar-refractivity contribution in [3.8, 4) is 0 Å². The molecule has 1 aromatic heterocycles. The van der Waals surface area contributed by atoms with Crippen LogP contribution in [0.15, 0.2) is 54.9 Å². The number of aromatic nitrogens is 3.